The van der Waals surface area contributed by atoms with Gasteiger partial charge in [-0.15, -0.1) is 11.3 Å². The Morgan fingerprint density at radius 1 is 1.11 bits per heavy atom. The SMILES string of the molecule is O=C(CC(F)(F)F)N1CC2(C1)OCCc1cc(C3=NOC(c4cc(Cl)c(F)c(Cl)c4)(C(F)(F)F)C3)sc12. The van der Waals surface area contributed by atoms with Gasteiger partial charge in [-0.25, -0.2) is 4.39 Å². The van der Waals surface area contributed by atoms with E-state index < -0.39 is 63.7 Å². The maximum Gasteiger partial charge on any atom is 0.435 e. The molecule has 0 aliphatic carbocycles. The number of nitrogens with zero attached hydrogens (tertiary/aromatic N) is 2. The molecule has 1 aromatic carbocycles. The quantitative estimate of drug-likeness (QED) is 0.310. The van der Waals surface area contributed by atoms with Crippen LogP contribution < -0.4 is 0 Å². The van der Waals surface area contributed by atoms with E-state index >= 15 is 0 Å². The zero-order valence-corrected chi connectivity index (χ0v) is 20.7. The van der Waals surface area contributed by atoms with Gasteiger partial charge in [0, 0.05) is 10.4 Å². The normalized spacial score (nSPS) is 22.9. The van der Waals surface area contributed by atoms with Crippen molar-refractivity contribution >= 4 is 46.2 Å². The number of alkyl halides is 6. The van der Waals surface area contributed by atoms with Crippen molar-refractivity contribution in [2.75, 3.05) is 19.7 Å². The molecule has 5 rings (SSSR count). The molecule has 1 fully saturated rings. The van der Waals surface area contributed by atoms with E-state index in [1.807, 2.05) is 0 Å². The molecule has 3 aliphatic rings. The first kappa shape index (κ1) is 26.5. The maximum absolute atomic E-state index is 14.3. The lowest BCUT2D eigenvalue weighted by Gasteiger charge is -2.51. The third-order valence-corrected chi connectivity index (χ3v) is 8.45. The number of fused-ring (bicyclic) bond motifs is 2. The first-order chi connectivity index (χ1) is 17.1. The number of halogens is 9. The molecule has 15 heteroatoms. The third kappa shape index (κ3) is 4.47. The third-order valence-electron chi connectivity index (χ3n) is 6.49. The summed E-state index contributed by atoms with van der Waals surface area (Å²) >= 11 is 12.5. The van der Waals surface area contributed by atoms with E-state index in [1.54, 1.807) is 6.07 Å². The van der Waals surface area contributed by atoms with Gasteiger partial charge in [-0.3, -0.25) is 4.79 Å². The minimum absolute atomic E-state index is 0.0345. The predicted octanol–water partition coefficient (Wildman–Crippen LogP) is 6.34. The molecule has 3 aliphatic heterocycles. The lowest BCUT2D eigenvalue weighted by atomic mass is 9.86. The van der Waals surface area contributed by atoms with Gasteiger partial charge in [0.05, 0.1) is 41.0 Å². The number of hydrogen-bond donors (Lipinski definition) is 0. The van der Waals surface area contributed by atoms with Crippen molar-refractivity contribution in [1.29, 1.82) is 0 Å². The van der Waals surface area contributed by atoms with Gasteiger partial charge in [-0.2, -0.15) is 26.3 Å². The fourth-order valence-electron chi connectivity index (χ4n) is 4.65. The van der Waals surface area contributed by atoms with E-state index in [4.69, 9.17) is 32.8 Å². The topological polar surface area (TPSA) is 51.1 Å². The van der Waals surface area contributed by atoms with E-state index in [2.05, 4.69) is 5.16 Å². The molecule has 5 nitrogen and oxygen atoms in total. The van der Waals surface area contributed by atoms with Crippen LogP contribution in [-0.2, 0) is 32.0 Å². The van der Waals surface area contributed by atoms with Crippen LogP contribution in [0.25, 0.3) is 0 Å². The first-order valence-corrected chi connectivity index (χ1v) is 12.3. The Morgan fingerprint density at radius 3 is 2.35 bits per heavy atom. The van der Waals surface area contributed by atoms with Crippen LogP contribution in [0.2, 0.25) is 10.0 Å². The highest BCUT2D eigenvalue weighted by molar-refractivity contribution is 7.14. The summed E-state index contributed by atoms with van der Waals surface area (Å²) in [5, 5.41) is 2.48. The van der Waals surface area contributed by atoms with Crippen LogP contribution in [0, 0.1) is 5.82 Å². The molecular formula is C22H15Cl2F7N2O3S. The van der Waals surface area contributed by atoms with Crippen molar-refractivity contribution in [3.8, 4) is 0 Å². The number of thiophene rings is 1. The van der Waals surface area contributed by atoms with E-state index in [0.29, 0.717) is 16.2 Å². The van der Waals surface area contributed by atoms with Crippen molar-refractivity contribution in [2.45, 2.75) is 42.8 Å². The maximum atomic E-state index is 14.3. The molecule has 4 heterocycles. The van der Waals surface area contributed by atoms with Crippen molar-refractivity contribution < 1.29 is 45.1 Å². The van der Waals surface area contributed by atoms with E-state index in [0.717, 1.165) is 33.9 Å². The fourth-order valence-corrected chi connectivity index (χ4v) is 6.46. The van der Waals surface area contributed by atoms with Crippen LogP contribution >= 0.6 is 34.5 Å². The lowest BCUT2D eigenvalue weighted by molar-refractivity contribution is -0.275. The molecule has 0 radical (unpaired) electrons. The molecule has 1 amide bonds. The van der Waals surface area contributed by atoms with Crippen molar-refractivity contribution in [3.05, 3.63) is 54.9 Å². The van der Waals surface area contributed by atoms with Crippen LogP contribution in [0.3, 0.4) is 0 Å². The molecular weight excluding hydrogens is 576 g/mol. The van der Waals surface area contributed by atoms with Crippen LogP contribution in [0.4, 0.5) is 30.7 Å². The van der Waals surface area contributed by atoms with Crippen LogP contribution in [0.1, 0.15) is 33.7 Å². The summed E-state index contributed by atoms with van der Waals surface area (Å²) in [6, 6.07) is 3.22. The first-order valence-electron chi connectivity index (χ1n) is 10.7. The molecule has 1 atom stereocenters. The molecule has 0 saturated carbocycles. The van der Waals surface area contributed by atoms with Crippen LogP contribution in [0.15, 0.2) is 23.4 Å². The Morgan fingerprint density at radius 2 is 1.76 bits per heavy atom. The summed E-state index contributed by atoms with van der Waals surface area (Å²) in [4.78, 5) is 18.9. The number of hydrogen-bond acceptors (Lipinski definition) is 5. The smallest absolute Gasteiger partial charge is 0.374 e. The molecule has 1 unspecified atom stereocenters. The Balaban J connectivity index is 1.41. The number of ether oxygens (including phenoxy) is 1. The fraction of sp³-hybridized carbons (Fsp3) is 0.455. The van der Waals surface area contributed by atoms with Crippen LogP contribution in [0.5, 0.6) is 0 Å². The summed E-state index contributed by atoms with van der Waals surface area (Å²) in [6.07, 6.45) is -11.5. The summed E-state index contributed by atoms with van der Waals surface area (Å²) in [5.41, 5.74) is -3.80. The average molecular weight is 591 g/mol. The van der Waals surface area contributed by atoms with Gasteiger partial charge >= 0.3 is 12.4 Å². The Hall–Kier alpha value is -2.09. The van der Waals surface area contributed by atoms with Gasteiger partial charge in [0.25, 0.3) is 5.60 Å². The predicted molar refractivity (Wildman–Crippen MR) is 119 cm³/mol. The molecule has 1 spiro atoms. The highest BCUT2D eigenvalue weighted by Crippen LogP contribution is 2.52. The van der Waals surface area contributed by atoms with Gasteiger partial charge in [0.2, 0.25) is 5.91 Å². The largest absolute Gasteiger partial charge is 0.435 e. The second kappa shape index (κ2) is 8.72. The monoisotopic (exact) mass is 590 g/mol. The Bertz CT molecular complexity index is 1280. The standard InChI is InChI=1S/C22H15Cl2F7N2O3S/c23-12-4-11(5-13(24)17(12)25)20(22(29,30)31)6-14(32-36-20)15-3-10-1-2-35-19(18(10)37-15)8-33(9-19)16(34)7-21(26,27)28/h3-5H,1-2,6-9H2. The second-order valence-electron chi connectivity index (χ2n) is 8.98. The summed E-state index contributed by atoms with van der Waals surface area (Å²) in [5.74, 6) is -2.14. The van der Waals surface area contributed by atoms with Gasteiger partial charge in [-0.05, 0) is 30.2 Å². The Labute approximate surface area is 218 Å². The van der Waals surface area contributed by atoms with Gasteiger partial charge in [0.1, 0.15) is 17.7 Å². The number of likely N-dealkylation sites (tertiary alicyclic amines) is 1. The summed E-state index contributed by atoms with van der Waals surface area (Å²) < 4.78 is 100. The van der Waals surface area contributed by atoms with E-state index in [9.17, 15) is 35.5 Å². The van der Waals surface area contributed by atoms with Gasteiger partial charge in [-0.1, -0.05) is 28.4 Å². The minimum atomic E-state index is -4.97. The average Bonchev–Trinajstić information content (AvgIpc) is 3.39. The molecule has 2 aromatic rings. The highest BCUT2D eigenvalue weighted by Gasteiger charge is 2.63. The molecule has 1 aromatic heterocycles. The zero-order chi connectivity index (χ0) is 27.0. The molecule has 200 valence electrons. The second-order valence-corrected chi connectivity index (χ2v) is 10.9. The Kier molecular flexibility index (Phi) is 6.25. The number of benzene rings is 1. The molecule has 1 saturated heterocycles. The highest BCUT2D eigenvalue weighted by atomic mass is 35.5. The summed E-state index contributed by atoms with van der Waals surface area (Å²) in [6.45, 7) is 0.0281. The van der Waals surface area contributed by atoms with Crippen LogP contribution in [-0.4, -0.2) is 48.6 Å². The van der Waals surface area contributed by atoms with Gasteiger partial charge < -0.3 is 14.5 Å². The number of carbonyl (C=O) groups excluding carboxylic acids is 1. The minimum Gasteiger partial charge on any atom is -0.374 e. The van der Waals surface area contributed by atoms with Crippen molar-refractivity contribution in [1.82, 2.24) is 4.90 Å². The lowest BCUT2D eigenvalue weighted by Crippen LogP contribution is -2.63. The molecule has 0 bridgehead atoms. The number of oxime groups is 1. The number of amides is 1. The number of carbonyl (C=O) groups is 1. The molecule has 0 N–H and O–H groups in total. The van der Waals surface area contributed by atoms with Crippen molar-refractivity contribution in [2.24, 2.45) is 5.16 Å². The summed E-state index contributed by atoms with van der Waals surface area (Å²) in [7, 11) is 0. The zero-order valence-electron chi connectivity index (χ0n) is 18.4. The van der Waals surface area contributed by atoms with Crippen molar-refractivity contribution in [3.63, 3.8) is 0 Å². The van der Waals surface area contributed by atoms with E-state index in [1.165, 1.54) is 0 Å². The van der Waals surface area contributed by atoms with E-state index in [-0.39, 0.29) is 25.4 Å². The van der Waals surface area contributed by atoms with Gasteiger partial charge in [0.15, 0.2) is 5.82 Å². The molecule has 37 heavy (non-hydrogen) atoms. The number of rotatable bonds is 3.